The van der Waals surface area contributed by atoms with Crippen LogP contribution in [0.1, 0.15) is 6.55 Å². The molecule has 0 aromatic carbocycles. The molecule has 0 aliphatic rings. The van der Waals surface area contributed by atoms with Gasteiger partial charge in [-0.3, -0.25) is 4.79 Å². The van der Waals surface area contributed by atoms with Crippen LogP contribution < -0.4 is 5.56 Å². The lowest BCUT2D eigenvalue weighted by Gasteiger charge is -2.02. The Hall–Kier alpha value is -0.680. The van der Waals surface area contributed by atoms with Gasteiger partial charge in [-0.05, 0) is 0 Å². The first kappa shape index (κ1) is 9.41. The fraction of sp³-hybridized carbons (Fsp3) is 0.200. The Bertz CT molecular complexity index is 352. The van der Waals surface area contributed by atoms with Crippen LogP contribution in [0.4, 0.5) is 8.78 Å². The molecule has 0 aliphatic heterocycles. The molecule has 66 valence electrons. The molecule has 12 heavy (non-hydrogen) atoms. The molecule has 0 unspecified atom stereocenters. The lowest BCUT2D eigenvalue weighted by Crippen LogP contribution is -2.21. The third-order valence-corrected chi connectivity index (χ3v) is 1.83. The minimum absolute atomic E-state index is 0.0915. The van der Waals surface area contributed by atoms with Gasteiger partial charge in [-0.2, -0.15) is 8.78 Å². The SMILES string of the molecule is O=c1c(Cl)c(Cl)ncn1C(F)F. The molecule has 0 N–H and O–H groups in total. The third kappa shape index (κ3) is 1.56. The summed E-state index contributed by atoms with van der Waals surface area (Å²) in [6.45, 7) is -2.96. The zero-order chi connectivity index (χ0) is 9.30. The van der Waals surface area contributed by atoms with Crippen molar-refractivity contribution >= 4 is 23.2 Å². The van der Waals surface area contributed by atoms with E-state index in [-0.39, 0.29) is 9.72 Å². The smallest absolute Gasteiger partial charge is 0.267 e. The van der Waals surface area contributed by atoms with Crippen molar-refractivity contribution in [2.75, 3.05) is 0 Å². The molecule has 0 saturated carbocycles. The van der Waals surface area contributed by atoms with Crippen LogP contribution in [0.2, 0.25) is 10.2 Å². The number of alkyl halides is 2. The van der Waals surface area contributed by atoms with Crippen LogP contribution in [0.3, 0.4) is 0 Å². The minimum atomic E-state index is -2.96. The van der Waals surface area contributed by atoms with Gasteiger partial charge in [0, 0.05) is 0 Å². The first-order chi connectivity index (χ1) is 5.54. The van der Waals surface area contributed by atoms with Gasteiger partial charge in [0.25, 0.3) is 5.56 Å². The van der Waals surface area contributed by atoms with E-state index in [0.29, 0.717) is 6.33 Å². The maximum Gasteiger partial charge on any atom is 0.322 e. The van der Waals surface area contributed by atoms with E-state index < -0.39 is 17.1 Å². The normalized spacial score (nSPS) is 10.8. The summed E-state index contributed by atoms with van der Waals surface area (Å²) >= 11 is 10.6. The van der Waals surface area contributed by atoms with Gasteiger partial charge in [-0.15, -0.1) is 0 Å². The van der Waals surface area contributed by atoms with Crippen LogP contribution in [-0.4, -0.2) is 9.55 Å². The summed E-state index contributed by atoms with van der Waals surface area (Å²) in [6.07, 6.45) is 0.640. The fourth-order valence-electron chi connectivity index (χ4n) is 0.563. The molecule has 0 saturated heterocycles. The largest absolute Gasteiger partial charge is 0.322 e. The highest BCUT2D eigenvalue weighted by Gasteiger charge is 2.12. The first-order valence-corrected chi connectivity index (χ1v) is 3.50. The van der Waals surface area contributed by atoms with Crippen molar-refractivity contribution < 1.29 is 8.78 Å². The van der Waals surface area contributed by atoms with Gasteiger partial charge in [0.15, 0.2) is 5.15 Å². The summed E-state index contributed by atoms with van der Waals surface area (Å²) in [4.78, 5) is 14.1. The van der Waals surface area contributed by atoms with Crippen molar-refractivity contribution in [3.8, 4) is 0 Å². The summed E-state index contributed by atoms with van der Waals surface area (Å²) in [5, 5.41) is -0.780. The monoisotopic (exact) mass is 214 g/mol. The second-order valence-electron chi connectivity index (χ2n) is 1.84. The Kier molecular flexibility index (Phi) is 2.64. The van der Waals surface area contributed by atoms with E-state index in [9.17, 15) is 13.6 Å². The van der Waals surface area contributed by atoms with Crippen molar-refractivity contribution in [1.82, 2.24) is 9.55 Å². The molecule has 1 rings (SSSR count). The van der Waals surface area contributed by atoms with Gasteiger partial charge >= 0.3 is 6.55 Å². The van der Waals surface area contributed by atoms with Crippen molar-refractivity contribution in [2.45, 2.75) is 6.55 Å². The van der Waals surface area contributed by atoms with E-state index in [2.05, 4.69) is 4.98 Å². The Labute approximate surface area is 75.5 Å². The predicted molar refractivity (Wildman–Crippen MR) is 39.8 cm³/mol. The van der Waals surface area contributed by atoms with Crippen LogP contribution in [0, 0.1) is 0 Å². The number of rotatable bonds is 1. The summed E-state index contributed by atoms with van der Waals surface area (Å²) in [6, 6.07) is 0. The summed E-state index contributed by atoms with van der Waals surface area (Å²) in [5.41, 5.74) is -1.05. The number of halogens is 4. The Morgan fingerprint density at radius 1 is 1.50 bits per heavy atom. The highest BCUT2D eigenvalue weighted by atomic mass is 35.5. The van der Waals surface area contributed by atoms with Crippen molar-refractivity contribution in [1.29, 1.82) is 0 Å². The predicted octanol–water partition coefficient (Wildman–Crippen LogP) is 1.95. The second-order valence-corrected chi connectivity index (χ2v) is 2.58. The lowest BCUT2D eigenvalue weighted by atomic mass is 10.6. The quantitative estimate of drug-likeness (QED) is 0.671. The average molecular weight is 215 g/mol. The van der Waals surface area contributed by atoms with E-state index in [1.165, 1.54) is 0 Å². The maximum atomic E-state index is 12.0. The van der Waals surface area contributed by atoms with E-state index in [1.54, 1.807) is 0 Å². The van der Waals surface area contributed by atoms with Crippen LogP contribution >= 0.6 is 23.2 Å². The average Bonchev–Trinajstić information content (AvgIpc) is 2.00. The zero-order valence-corrected chi connectivity index (χ0v) is 6.98. The molecule has 0 fully saturated rings. The van der Waals surface area contributed by atoms with Gasteiger partial charge in [0.05, 0.1) is 0 Å². The van der Waals surface area contributed by atoms with Crippen LogP contribution in [0.15, 0.2) is 11.1 Å². The molecule has 3 nitrogen and oxygen atoms in total. The molecular formula is C5H2Cl2F2N2O. The van der Waals surface area contributed by atoms with E-state index in [0.717, 1.165) is 0 Å². The number of hydrogen-bond donors (Lipinski definition) is 0. The Morgan fingerprint density at radius 3 is 2.58 bits per heavy atom. The molecule has 1 aromatic rings. The lowest BCUT2D eigenvalue weighted by molar-refractivity contribution is 0.0652. The second kappa shape index (κ2) is 3.37. The molecular weight excluding hydrogens is 213 g/mol. The Balaban J connectivity index is 3.37. The molecule has 0 radical (unpaired) electrons. The molecule has 0 bridgehead atoms. The van der Waals surface area contributed by atoms with Crippen molar-refractivity contribution in [3.63, 3.8) is 0 Å². The van der Waals surface area contributed by atoms with Gasteiger partial charge in [0.1, 0.15) is 11.3 Å². The van der Waals surface area contributed by atoms with Crippen LogP contribution in [0.5, 0.6) is 0 Å². The summed E-state index contributed by atoms with van der Waals surface area (Å²) < 4.78 is 24.0. The van der Waals surface area contributed by atoms with Gasteiger partial charge in [-0.25, -0.2) is 9.55 Å². The third-order valence-electron chi connectivity index (χ3n) is 1.11. The molecule has 7 heteroatoms. The van der Waals surface area contributed by atoms with Gasteiger partial charge in [0.2, 0.25) is 0 Å². The molecule has 0 spiro atoms. The van der Waals surface area contributed by atoms with E-state index in [4.69, 9.17) is 23.2 Å². The number of nitrogens with zero attached hydrogens (tertiary/aromatic N) is 2. The molecule has 1 heterocycles. The maximum absolute atomic E-state index is 12.0. The van der Waals surface area contributed by atoms with Crippen LogP contribution in [-0.2, 0) is 0 Å². The molecule has 1 aromatic heterocycles. The number of hydrogen-bond acceptors (Lipinski definition) is 2. The standard InChI is InChI=1S/C5H2Cl2F2N2O/c6-2-3(7)10-1-11(4(2)12)5(8)9/h1,5H. The Morgan fingerprint density at radius 2 is 2.08 bits per heavy atom. The minimum Gasteiger partial charge on any atom is -0.267 e. The summed E-state index contributed by atoms with van der Waals surface area (Å²) in [5.74, 6) is 0. The van der Waals surface area contributed by atoms with Crippen LogP contribution in [0.25, 0.3) is 0 Å². The molecule has 0 amide bonds. The van der Waals surface area contributed by atoms with E-state index >= 15 is 0 Å². The first-order valence-electron chi connectivity index (χ1n) is 2.74. The topological polar surface area (TPSA) is 34.9 Å². The van der Waals surface area contributed by atoms with Gasteiger partial charge < -0.3 is 0 Å². The molecule has 0 atom stereocenters. The fourth-order valence-corrected chi connectivity index (χ4v) is 0.833. The number of aromatic nitrogens is 2. The van der Waals surface area contributed by atoms with Gasteiger partial charge in [-0.1, -0.05) is 23.2 Å². The van der Waals surface area contributed by atoms with Crippen molar-refractivity contribution in [3.05, 3.63) is 26.9 Å². The molecule has 0 aliphatic carbocycles. The zero-order valence-electron chi connectivity index (χ0n) is 5.47. The summed E-state index contributed by atoms with van der Waals surface area (Å²) in [7, 11) is 0. The van der Waals surface area contributed by atoms with E-state index in [1.807, 2.05) is 0 Å². The van der Waals surface area contributed by atoms with Crippen molar-refractivity contribution in [2.24, 2.45) is 0 Å². The highest BCUT2D eigenvalue weighted by Crippen LogP contribution is 2.15. The highest BCUT2D eigenvalue weighted by molar-refractivity contribution is 6.40.